The highest BCUT2D eigenvalue weighted by molar-refractivity contribution is 7.89. The van der Waals surface area contributed by atoms with Crippen molar-refractivity contribution in [2.24, 2.45) is 5.41 Å². The molecule has 2 fully saturated rings. The highest BCUT2D eigenvalue weighted by Gasteiger charge is 2.43. The maximum absolute atomic E-state index is 12.8. The van der Waals surface area contributed by atoms with Gasteiger partial charge in [0, 0.05) is 26.2 Å². The average molecular weight is 388 g/mol. The second-order valence-corrected chi connectivity index (χ2v) is 9.30. The summed E-state index contributed by atoms with van der Waals surface area (Å²) in [6, 6.07) is 1.44. The first-order valence-electron chi connectivity index (χ1n) is 7.94. The number of carbonyl (C=O) groups excluding carboxylic acids is 1. The van der Waals surface area contributed by atoms with Crippen LogP contribution in [-0.2, 0) is 19.6 Å². The normalized spacial score (nSPS) is 25.2. The maximum Gasteiger partial charge on any atom is 0.311 e. The van der Waals surface area contributed by atoms with Crippen LogP contribution in [0.4, 0.5) is 0 Å². The Balaban J connectivity index is 1.84. The lowest BCUT2D eigenvalue weighted by Gasteiger charge is -2.26. The van der Waals surface area contributed by atoms with Gasteiger partial charge in [0.2, 0.25) is 10.0 Å². The molecule has 0 aliphatic carbocycles. The molecule has 8 nitrogen and oxygen atoms in total. The zero-order valence-corrected chi connectivity index (χ0v) is 15.4. The molecule has 0 saturated carbocycles. The number of sulfonamides is 1. The van der Waals surface area contributed by atoms with Crippen LogP contribution in [-0.4, -0.2) is 74.0 Å². The lowest BCUT2D eigenvalue weighted by atomic mass is 9.90. The summed E-state index contributed by atoms with van der Waals surface area (Å²) < 4.78 is 32.2. The van der Waals surface area contributed by atoms with Crippen molar-refractivity contribution < 1.29 is 27.9 Å². The van der Waals surface area contributed by atoms with Crippen LogP contribution in [0.25, 0.3) is 0 Å². The van der Waals surface area contributed by atoms with Gasteiger partial charge in [-0.3, -0.25) is 9.59 Å². The van der Waals surface area contributed by atoms with Crippen molar-refractivity contribution in [1.29, 1.82) is 0 Å². The van der Waals surface area contributed by atoms with E-state index in [1.807, 2.05) is 0 Å². The van der Waals surface area contributed by atoms with Crippen LogP contribution in [0, 0.1) is 5.41 Å². The molecule has 1 unspecified atom stereocenters. The number of ether oxygens (including phenoxy) is 1. The molecule has 3 rings (SSSR count). The first-order chi connectivity index (χ1) is 11.8. The monoisotopic (exact) mass is 388 g/mol. The quantitative estimate of drug-likeness (QED) is 0.814. The molecule has 10 heteroatoms. The van der Waals surface area contributed by atoms with Crippen molar-refractivity contribution in [3.63, 3.8) is 0 Å². The first-order valence-corrected chi connectivity index (χ1v) is 10.3. The fraction of sp³-hybridized carbons (Fsp3) is 0.600. The lowest BCUT2D eigenvalue weighted by molar-refractivity contribution is -0.147. The van der Waals surface area contributed by atoms with Crippen molar-refractivity contribution in [3.8, 4) is 0 Å². The van der Waals surface area contributed by atoms with Crippen LogP contribution < -0.4 is 0 Å². The van der Waals surface area contributed by atoms with E-state index in [1.54, 1.807) is 12.3 Å². The minimum atomic E-state index is -3.77. The molecule has 1 atom stereocenters. The summed E-state index contributed by atoms with van der Waals surface area (Å²) >= 11 is 1.07. The second-order valence-electron chi connectivity index (χ2n) is 6.47. The van der Waals surface area contributed by atoms with Crippen molar-refractivity contribution in [2.45, 2.75) is 18.2 Å². The molecule has 2 saturated heterocycles. The number of morpholine rings is 1. The molecule has 1 N–H and O–H groups in total. The molecule has 1 aromatic heterocycles. The predicted octanol–water partition coefficient (Wildman–Crippen LogP) is 0.706. The number of hydrogen-bond donors (Lipinski definition) is 1. The fourth-order valence-electron chi connectivity index (χ4n) is 3.04. The van der Waals surface area contributed by atoms with Gasteiger partial charge in [-0.15, -0.1) is 11.3 Å². The van der Waals surface area contributed by atoms with Crippen LogP contribution in [0.2, 0.25) is 0 Å². The molecular formula is C15H20N2O6S2. The number of aliphatic carboxylic acids is 1. The highest BCUT2D eigenvalue weighted by atomic mass is 32.2. The Morgan fingerprint density at radius 3 is 2.56 bits per heavy atom. The van der Waals surface area contributed by atoms with Crippen LogP contribution in [0.3, 0.4) is 0 Å². The van der Waals surface area contributed by atoms with Gasteiger partial charge in [0.05, 0.1) is 18.6 Å². The largest absolute Gasteiger partial charge is 0.481 e. The molecule has 3 heterocycles. The summed E-state index contributed by atoms with van der Waals surface area (Å²) in [5.74, 6) is -1.37. The van der Waals surface area contributed by atoms with E-state index in [2.05, 4.69) is 0 Å². The number of amides is 1. The minimum Gasteiger partial charge on any atom is -0.481 e. The Kier molecular flexibility index (Phi) is 4.89. The van der Waals surface area contributed by atoms with Crippen molar-refractivity contribution in [1.82, 2.24) is 9.21 Å². The maximum atomic E-state index is 12.8. The van der Waals surface area contributed by atoms with E-state index in [4.69, 9.17) is 4.74 Å². The van der Waals surface area contributed by atoms with Gasteiger partial charge in [-0.05, 0) is 24.8 Å². The third kappa shape index (κ3) is 3.31. The molecule has 25 heavy (non-hydrogen) atoms. The molecule has 2 aliphatic rings. The number of likely N-dealkylation sites (tertiary alicyclic amines) is 1. The molecular weight excluding hydrogens is 368 g/mol. The summed E-state index contributed by atoms with van der Waals surface area (Å²) in [6.45, 7) is 3.15. The Labute approximate surface area is 150 Å². The molecule has 1 amide bonds. The van der Waals surface area contributed by atoms with Crippen LogP contribution in [0.15, 0.2) is 16.3 Å². The summed E-state index contributed by atoms with van der Waals surface area (Å²) in [6.07, 6.45) is 0.352. The highest BCUT2D eigenvalue weighted by Crippen LogP contribution is 2.33. The van der Waals surface area contributed by atoms with Crippen molar-refractivity contribution >= 4 is 33.2 Å². The van der Waals surface area contributed by atoms with Crippen LogP contribution >= 0.6 is 11.3 Å². The standard InChI is InChI=1S/C15H20N2O6S2/c1-15(14(19)20)3-4-16(10-15)13(18)12-11(2-9-24-12)25(21,22)17-5-7-23-8-6-17/h2,9H,3-8,10H2,1H3,(H,19,20). The van der Waals surface area contributed by atoms with Gasteiger partial charge in [-0.1, -0.05) is 0 Å². The minimum absolute atomic E-state index is 0.00618. The van der Waals surface area contributed by atoms with Crippen molar-refractivity contribution in [2.75, 3.05) is 39.4 Å². The number of carbonyl (C=O) groups is 2. The smallest absolute Gasteiger partial charge is 0.311 e. The fourth-order valence-corrected chi connectivity index (χ4v) is 5.81. The Bertz CT molecular complexity index is 784. The molecule has 2 aliphatic heterocycles. The Morgan fingerprint density at radius 1 is 1.28 bits per heavy atom. The number of hydrogen-bond acceptors (Lipinski definition) is 6. The zero-order chi connectivity index (χ0) is 18.2. The molecule has 0 aromatic carbocycles. The van der Waals surface area contributed by atoms with Gasteiger partial charge in [0.25, 0.3) is 5.91 Å². The zero-order valence-electron chi connectivity index (χ0n) is 13.8. The van der Waals surface area contributed by atoms with E-state index in [-0.39, 0.29) is 29.4 Å². The average Bonchev–Trinajstić information content (AvgIpc) is 3.23. The topological polar surface area (TPSA) is 104 Å². The predicted molar refractivity (Wildman–Crippen MR) is 90.2 cm³/mol. The Hall–Kier alpha value is -1.49. The van der Waals surface area contributed by atoms with E-state index < -0.39 is 27.3 Å². The summed E-state index contributed by atoms with van der Waals surface area (Å²) in [5.41, 5.74) is -0.990. The summed E-state index contributed by atoms with van der Waals surface area (Å²) in [5, 5.41) is 10.9. The van der Waals surface area contributed by atoms with Crippen LogP contribution in [0.5, 0.6) is 0 Å². The van der Waals surface area contributed by atoms with E-state index in [0.717, 1.165) is 11.3 Å². The van der Waals surface area contributed by atoms with Crippen molar-refractivity contribution in [3.05, 3.63) is 16.3 Å². The molecule has 138 valence electrons. The van der Waals surface area contributed by atoms with Gasteiger partial charge in [-0.2, -0.15) is 4.31 Å². The molecule has 1 aromatic rings. The van der Waals surface area contributed by atoms with Gasteiger partial charge >= 0.3 is 5.97 Å². The van der Waals surface area contributed by atoms with E-state index in [0.29, 0.717) is 26.2 Å². The number of rotatable bonds is 4. The Morgan fingerprint density at radius 2 is 1.96 bits per heavy atom. The molecule has 0 bridgehead atoms. The van der Waals surface area contributed by atoms with Gasteiger partial charge in [0.1, 0.15) is 9.77 Å². The number of nitrogens with zero attached hydrogens (tertiary/aromatic N) is 2. The molecule has 0 spiro atoms. The summed E-state index contributed by atoms with van der Waals surface area (Å²) in [7, 11) is -3.77. The lowest BCUT2D eigenvalue weighted by Crippen LogP contribution is -2.41. The summed E-state index contributed by atoms with van der Waals surface area (Å²) in [4.78, 5) is 25.7. The van der Waals surface area contributed by atoms with Gasteiger partial charge in [-0.25, -0.2) is 8.42 Å². The second kappa shape index (κ2) is 6.67. The third-order valence-corrected chi connectivity index (χ3v) is 7.66. The number of carboxylic acid groups (broad SMARTS) is 1. The third-order valence-electron chi connectivity index (χ3n) is 4.69. The van der Waals surface area contributed by atoms with E-state index in [1.165, 1.54) is 15.3 Å². The first kappa shape index (κ1) is 18.3. The number of thiophene rings is 1. The van der Waals surface area contributed by atoms with Crippen LogP contribution in [0.1, 0.15) is 23.0 Å². The van der Waals surface area contributed by atoms with E-state index in [9.17, 15) is 23.1 Å². The molecule has 0 radical (unpaired) electrons. The van der Waals surface area contributed by atoms with Gasteiger partial charge in [0.15, 0.2) is 0 Å². The number of carboxylic acids is 1. The van der Waals surface area contributed by atoms with E-state index >= 15 is 0 Å². The van der Waals surface area contributed by atoms with Gasteiger partial charge < -0.3 is 14.7 Å². The SMILES string of the molecule is CC1(C(=O)O)CCN(C(=O)c2sccc2S(=O)(=O)N2CCOCC2)C1.